The second kappa shape index (κ2) is 5.48. The second-order valence-electron chi connectivity index (χ2n) is 5.07. The SMILES string of the molecule is Cc1cccc(Cl)c1C(=O)n1nc(I)c2c1CCCC2. The van der Waals surface area contributed by atoms with Gasteiger partial charge in [-0.3, -0.25) is 4.79 Å². The Balaban J connectivity index is 2.12. The Morgan fingerprint density at radius 1 is 1.35 bits per heavy atom. The predicted octanol–water partition coefficient (Wildman–Crippen LogP) is 4.02. The molecule has 0 fully saturated rings. The molecule has 1 aromatic heterocycles. The molecule has 1 aromatic carbocycles. The largest absolute Gasteiger partial charge is 0.280 e. The van der Waals surface area contributed by atoms with E-state index < -0.39 is 0 Å². The average Bonchev–Trinajstić information content (AvgIpc) is 2.76. The van der Waals surface area contributed by atoms with Gasteiger partial charge in [0.15, 0.2) is 0 Å². The maximum atomic E-state index is 12.8. The number of carbonyl (C=O) groups is 1. The van der Waals surface area contributed by atoms with Crippen LogP contribution in [0.4, 0.5) is 0 Å². The molecule has 3 rings (SSSR count). The van der Waals surface area contributed by atoms with Crippen molar-refractivity contribution in [3.05, 3.63) is 49.3 Å². The minimum atomic E-state index is -0.117. The fourth-order valence-corrected chi connectivity index (χ4v) is 3.83. The average molecular weight is 401 g/mol. The lowest BCUT2D eigenvalue weighted by molar-refractivity contribution is 0.0940. The summed E-state index contributed by atoms with van der Waals surface area (Å²) >= 11 is 8.42. The first-order valence-corrected chi connectivity index (χ1v) is 8.11. The molecular formula is C15H14ClIN2O. The summed E-state index contributed by atoms with van der Waals surface area (Å²) in [5, 5.41) is 4.94. The van der Waals surface area contributed by atoms with Crippen molar-refractivity contribution in [3.63, 3.8) is 0 Å². The minimum Gasteiger partial charge on any atom is -0.267 e. The van der Waals surface area contributed by atoms with Gasteiger partial charge in [-0.2, -0.15) is 9.78 Å². The molecule has 0 unspecified atom stereocenters. The molecule has 0 spiro atoms. The highest BCUT2D eigenvalue weighted by molar-refractivity contribution is 14.1. The molecule has 0 saturated heterocycles. The third-order valence-corrected chi connectivity index (χ3v) is 4.94. The monoisotopic (exact) mass is 400 g/mol. The molecule has 2 aromatic rings. The molecule has 104 valence electrons. The Hall–Kier alpha value is -0.880. The fraction of sp³-hybridized carbons (Fsp3) is 0.333. The van der Waals surface area contributed by atoms with Gasteiger partial charge in [0.25, 0.3) is 5.91 Å². The molecule has 0 N–H and O–H groups in total. The Kier molecular flexibility index (Phi) is 3.86. The van der Waals surface area contributed by atoms with Crippen molar-refractivity contribution < 1.29 is 4.79 Å². The van der Waals surface area contributed by atoms with Crippen LogP contribution in [0, 0.1) is 10.6 Å². The van der Waals surface area contributed by atoms with Crippen LogP contribution in [0.25, 0.3) is 0 Å². The van der Waals surface area contributed by atoms with Crippen LogP contribution in [0.3, 0.4) is 0 Å². The molecule has 1 aliphatic rings. The van der Waals surface area contributed by atoms with Gasteiger partial charge in [-0.25, -0.2) is 0 Å². The van der Waals surface area contributed by atoms with Gasteiger partial charge in [0.1, 0.15) is 3.70 Å². The van der Waals surface area contributed by atoms with Gasteiger partial charge in [0, 0.05) is 5.56 Å². The summed E-state index contributed by atoms with van der Waals surface area (Å²) in [5.74, 6) is -0.117. The van der Waals surface area contributed by atoms with Gasteiger partial charge in [-0.1, -0.05) is 23.7 Å². The lowest BCUT2D eigenvalue weighted by atomic mass is 9.98. The van der Waals surface area contributed by atoms with Gasteiger partial charge in [-0.15, -0.1) is 0 Å². The van der Waals surface area contributed by atoms with Crippen molar-refractivity contribution in [1.82, 2.24) is 9.78 Å². The van der Waals surface area contributed by atoms with E-state index in [9.17, 15) is 4.79 Å². The Bertz CT molecular complexity index is 673. The smallest absolute Gasteiger partial charge is 0.267 e. The summed E-state index contributed by atoms with van der Waals surface area (Å²) in [7, 11) is 0. The molecule has 1 aliphatic carbocycles. The Morgan fingerprint density at radius 2 is 2.10 bits per heavy atom. The second-order valence-corrected chi connectivity index (χ2v) is 6.50. The van der Waals surface area contributed by atoms with E-state index in [1.54, 1.807) is 10.7 Å². The summed E-state index contributed by atoms with van der Waals surface area (Å²) < 4.78 is 2.50. The first-order valence-electron chi connectivity index (χ1n) is 6.65. The van der Waals surface area contributed by atoms with Gasteiger partial charge < -0.3 is 0 Å². The molecule has 0 bridgehead atoms. The van der Waals surface area contributed by atoms with Crippen molar-refractivity contribution in [2.24, 2.45) is 0 Å². The number of rotatable bonds is 1. The number of halogens is 2. The maximum absolute atomic E-state index is 12.8. The Morgan fingerprint density at radius 3 is 2.85 bits per heavy atom. The standard InChI is InChI=1S/C15H14ClIN2O/c1-9-5-4-7-11(16)13(9)15(20)19-12-8-3-2-6-10(12)14(17)18-19/h4-5,7H,2-3,6,8H2,1H3. The van der Waals surface area contributed by atoms with E-state index in [2.05, 4.69) is 27.7 Å². The van der Waals surface area contributed by atoms with Crippen molar-refractivity contribution in [2.75, 3.05) is 0 Å². The summed E-state index contributed by atoms with van der Waals surface area (Å²) in [6.07, 6.45) is 4.22. The first kappa shape index (κ1) is 14.1. The van der Waals surface area contributed by atoms with Crippen molar-refractivity contribution in [3.8, 4) is 0 Å². The summed E-state index contributed by atoms with van der Waals surface area (Å²) in [4.78, 5) is 12.8. The Labute approximate surface area is 136 Å². The number of aryl methyl sites for hydroxylation is 1. The first-order chi connectivity index (χ1) is 9.59. The molecular weight excluding hydrogens is 387 g/mol. The number of nitrogens with zero attached hydrogens (tertiary/aromatic N) is 2. The molecule has 0 aliphatic heterocycles. The number of aromatic nitrogens is 2. The van der Waals surface area contributed by atoms with Crippen LogP contribution in [-0.4, -0.2) is 15.7 Å². The van der Waals surface area contributed by atoms with Gasteiger partial charge in [0.05, 0.1) is 16.3 Å². The lowest BCUT2D eigenvalue weighted by Crippen LogP contribution is -2.19. The fourth-order valence-electron chi connectivity index (χ4n) is 2.73. The molecule has 1 heterocycles. The number of hydrogen-bond donors (Lipinski definition) is 0. The zero-order valence-corrected chi connectivity index (χ0v) is 14.0. The van der Waals surface area contributed by atoms with Crippen LogP contribution < -0.4 is 0 Å². The van der Waals surface area contributed by atoms with E-state index in [4.69, 9.17) is 11.6 Å². The predicted molar refractivity (Wildman–Crippen MR) is 87.5 cm³/mol. The summed E-state index contributed by atoms with van der Waals surface area (Å²) in [6.45, 7) is 1.90. The highest BCUT2D eigenvalue weighted by atomic mass is 127. The van der Waals surface area contributed by atoms with E-state index in [0.717, 1.165) is 34.2 Å². The maximum Gasteiger partial charge on any atom is 0.280 e. The van der Waals surface area contributed by atoms with Gasteiger partial charge in [0.2, 0.25) is 0 Å². The molecule has 0 amide bonds. The number of benzene rings is 1. The molecule has 0 atom stereocenters. The van der Waals surface area contributed by atoms with Crippen LogP contribution in [0.2, 0.25) is 5.02 Å². The van der Waals surface area contributed by atoms with Gasteiger partial charge >= 0.3 is 0 Å². The third-order valence-electron chi connectivity index (χ3n) is 3.76. The van der Waals surface area contributed by atoms with Gasteiger partial charge in [-0.05, 0) is 66.8 Å². The molecule has 3 nitrogen and oxygen atoms in total. The minimum absolute atomic E-state index is 0.117. The lowest BCUT2D eigenvalue weighted by Gasteiger charge is -2.14. The van der Waals surface area contributed by atoms with E-state index in [1.165, 1.54) is 12.0 Å². The highest BCUT2D eigenvalue weighted by Crippen LogP contribution is 2.28. The topological polar surface area (TPSA) is 34.9 Å². The van der Waals surface area contributed by atoms with Crippen LogP contribution >= 0.6 is 34.2 Å². The number of fused-ring (bicyclic) bond motifs is 1. The number of hydrogen-bond acceptors (Lipinski definition) is 2. The van der Waals surface area contributed by atoms with Crippen LogP contribution in [0.15, 0.2) is 18.2 Å². The highest BCUT2D eigenvalue weighted by Gasteiger charge is 2.25. The van der Waals surface area contributed by atoms with Crippen molar-refractivity contribution in [1.29, 1.82) is 0 Å². The van der Waals surface area contributed by atoms with E-state index >= 15 is 0 Å². The van der Waals surface area contributed by atoms with Crippen LogP contribution in [-0.2, 0) is 12.8 Å². The molecule has 0 saturated carbocycles. The van der Waals surface area contributed by atoms with Crippen LogP contribution in [0.1, 0.15) is 40.0 Å². The number of carbonyl (C=O) groups excluding carboxylic acids is 1. The zero-order valence-electron chi connectivity index (χ0n) is 11.1. The van der Waals surface area contributed by atoms with Crippen molar-refractivity contribution >= 4 is 40.1 Å². The van der Waals surface area contributed by atoms with Crippen LogP contribution in [0.5, 0.6) is 0 Å². The third kappa shape index (κ3) is 2.29. The van der Waals surface area contributed by atoms with E-state index in [0.29, 0.717) is 10.6 Å². The van der Waals surface area contributed by atoms with E-state index in [1.807, 2.05) is 19.1 Å². The molecule has 5 heteroatoms. The molecule has 0 radical (unpaired) electrons. The zero-order chi connectivity index (χ0) is 14.3. The quantitative estimate of drug-likeness (QED) is 0.678. The molecule has 20 heavy (non-hydrogen) atoms. The summed E-state index contributed by atoms with van der Waals surface area (Å²) in [5.41, 5.74) is 3.74. The summed E-state index contributed by atoms with van der Waals surface area (Å²) in [6, 6.07) is 5.51. The van der Waals surface area contributed by atoms with Crippen molar-refractivity contribution in [2.45, 2.75) is 32.6 Å². The normalized spacial score (nSPS) is 14.2. The van der Waals surface area contributed by atoms with E-state index in [-0.39, 0.29) is 5.91 Å².